The predicted molar refractivity (Wildman–Crippen MR) is 73.4 cm³/mol. The van der Waals surface area contributed by atoms with Gasteiger partial charge in [0.1, 0.15) is 12.2 Å². The van der Waals surface area contributed by atoms with Gasteiger partial charge >= 0.3 is 5.97 Å². The minimum absolute atomic E-state index is 0.223. The molecule has 0 heterocycles. The first-order valence-electron chi connectivity index (χ1n) is 6.38. The summed E-state index contributed by atoms with van der Waals surface area (Å²) in [6.45, 7) is 3.40. The van der Waals surface area contributed by atoms with Crippen LogP contribution in [0.25, 0.3) is 0 Å². The Morgan fingerprint density at radius 1 is 1.26 bits per heavy atom. The van der Waals surface area contributed by atoms with Crippen LogP contribution in [-0.4, -0.2) is 32.9 Å². The van der Waals surface area contributed by atoms with Gasteiger partial charge in [-0.3, -0.25) is 0 Å². The van der Waals surface area contributed by atoms with E-state index in [4.69, 9.17) is 19.9 Å². The molecule has 0 unspecified atom stereocenters. The number of anilines is 1. The van der Waals surface area contributed by atoms with Gasteiger partial charge in [-0.15, -0.1) is 0 Å². The Morgan fingerprint density at radius 2 is 2.05 bits per heavy atom. The molecule has 0 saturated heterocycles. The molecule has 1 rings (SSSR count). The lowest BCUT2D eigenvalue weighted by Gasteiger charge is -2.10. The van der Waals surface area contributed by atoms with Crippen LogP contribution in [0.15, 0.2) is 18.2 Å². The normalized spacial score (nSPS) is 10.2. The minimum Gasteiger partial charge on any atom is -0.494 e. The van der Waals surface area contributed by atoms with Gasteiger partial charge in [-0.2, -0.15) is 0 Å². The Labute approximate surface area is 113 Å². The lowest BCUT2D eigenvalue weighted by molar-refractivity contribution is 0.0311. The summed E-state index contributed by atoms with van der Waals surface area (Å²) in [6, 6.07) is 4.98. The Morgan fingerprint density at radius 3 is 2.74 bits per heavy atom. The predicted octanol–water partition coefficient (Wildman–Crippen LogP) is 2.25. The van der Waals surface area contributed by atoms with Crippen LogP contribution in [0.3, 0.4) is 0 Å². The number of ether oxygens (including phenoxy) is 3. The molecular weight excluding hydrogens is 246 g/mol. The van der Waals surface area contributed by atoms with Crippen LogP contribution in [0, 0.1) is 0 Å². The molecule has 1 aromatic rings. The summed E-state index contributed by atoms with van der Waals surface area (Å²) in [7, 11) is 1.47. The number of nitrogens with two attached hydrogens (primary N) is 1. The van der Waals surface area contributed by atoms with Crippen LogP contribution in [0.1, 0.15) is 30.1 Å². The molecule has 2 N–H and O–H groups in total. The number of hydrogen-bond acceptors (Lipinski definition) is 5. The van der Waals surface area contributed by atoms with Crippen molar-refractivity contribution >= 4 is 11.7 Å². The molecule has 0 bridgehead atoms. The van der Waals surface area contributed by atoms with E-state index in [1.54, 1.807) is 18.2 Å². The number of benzene rings is 1. The second-order valence-corrected chi connectivity index (χ2v) is 4.03. The number of esters is 1. The van der Waals surface area contributed by atoms with E-state index in [1.807, 2.05) is 0 Å². The van der Waals surface area contributed by atoms with Gasteiger partial charge in [0, 0.05) is 6.61 Å². The zero-order chi connectivity index (χ0) is 14.1. The van der Waals surface area contributed by atoms with Crippen LogP contribution in [-0.2, 0) is 9.47 Å². The number of carbonyl (C=O) groups excluding carboxylic acids is 1. The molecule has 5 nitrogen and oxygen atoms in total. The third-order valence-corrected chi connectivity index (χ3v) is 2.57. The Bertz CT molecular complexity index is 406. The Hall–Kier alpha value is -1.75. The maximum Gasteiger partial charge on any atom is 0.342 e. The number of para-hydroxylation sites is 1. The highest BCUT2D eigenvalue weighted by atomic mass is 16.6. The van der Waals surface area contributed by atoms with E-state index in [0.717, 1.165) is 12.8 Å². The number of hydrogen-bond donors (Lipinski definition) is 1. The van der Waals surface area contributed by atoms with Gasteiger partial charge in [0.25, 0.3) is 0 Å². The average Bonchev–Trinajstić information content (AvgIpc) is 2.42. The number of unbranched alkanes of at least 4 members (excludes halogenated alkanes) is 1. The summed E-state index contributed by atoms with van der Waals surface area (Å²) >= 11 is 0. The number of nitrogen functional groups attached to an aromatic ring is 1. The van der Waals surface area contributed by atoms with Crippen LogP contribution in [0.2, 0.25) is 0 Å². The van der Waals surface area contributed by atoms with E-state index < -0.39 is 5.97 Å². The molecule has 0 aliphatic carbocycles. The SMILES string of the molecule is CCCCOCCOC(=O)c1cccc(N)c1OC. The van der Waals surface area contributed by atoms with Crippen molar-refractivity contribution in [2.75, 3.05) is 32.7 Å². The van der Waals surface area contributed by atoms with Gasteiger partial charge in [0.05, 0.1) is 19.4 Å². The second kappa shape index (κ2) is 8.37. The summed E-state index contributed by atoms with van der Waals surface area (Å²) in [5.74, 6) is -0.109. The zero-order valence-corrected chi connectivity index (χ0v) is 11.5. The molecule has 19 heavy (non-hydrogen) atoms. The number of carbonyl (C=O) groups is 1. The molecule has 106 valence electrons. The molecule has 0 fully saturated rings. The van der Waals surface area contributed by atoms with Crippen LogP contribution in [0.5, 0.6) is 5.75 Å². The third kappa shape index (κ3) is 4.79. The van der Waals surface area contributed by atoms with Crippen molar-refractivity contribution in [1.29, 1.82) is 0 Å². The molecule has 5 heteroatoms. The van der Waals surface area contributed by atoms with Crippen LogP contribution < -0.4 is 10.5 Å². The standard InChI is InChI=1S/C14H21NO4/c1-3-4-8-18-9-10-19-14(16)11-6-5-7-12(15)13(11)17-2/h5-7H,3-4,8-10,15H2,1-2H3. The van der Waals surface area contributed by atoms with Crippen molar-refractivity contribution in [3.63, 3.8) is 0 Å². The molecule has 0 aromatic heterocycles. The van der Waals surface area contributed by atoms with E-state index in [0.29, 0.717) is 30.2 Å². The van der Waals surface area contributed by atoms with Gasteiger partial charge in [-0.25, -0.2) is 4.79 Å². The van der Waals surface area contributed by atoms with Crippen LogP contribution >= 0.6 is 0 Å². The van der Waals surface area contributed by atoms with E-state index in [1.165, 1.54) is 7.11 Å². The molecule has 1 aromatic carbocycles. The maximum atomic E-state index is 11.9. The fourth-order valence-electron chi connectivity index (χ4n) is 1.56. The van der Waals surface area contributed by atoms with E-state index in [-0.39, 0.29) is 6.61 Å². The average molecular weight is 267 g/mol. The van der Waals surface area contributed by atoms with Crippen LogP contribution in [0.4, 0.5) is 5.69 Å². The van der Waals surface area contributed by atoms with Crippen molar-refractivity contribution < 1.29 is 19.0 Å². The first kappa shape index (κ1) is 15.3. The van der Waals surface area contributed by atoms with Gasteiger partial charge in [-0.1, -0.05) is 19.4 Å². The van der Waals surface area contributed by atoms with Crippen molar-refractivity contribution in [3.8, 4) is 5.75 Å². The van der Waals surface area contributed by atoms with E-state index in [2.05, 4.69) is 6.92 Å². The monoisotopic (exact) mass is 267 g/mol. The molecule has 0 aliphatic heterocycles. The van der Waals surface area contributed by atoms with Crippen molar-refractivity contribution in [2.45, 2.75) is 19.8 Å². The van der Waals surface area contributed by atoms with E-state index >= 15 is 0 Å². The van der Waals surface area contributed by atoms with E-state index in [9.17, 15) is 4.79 Å². The molecule has 0 aliphatic rings. The van der Waals surface area contributed by atoms with Crippen molar-refractivity contribution in [1.82, 2.24) is 0 Å². The molecule has 0 atom stereocenters. The molecule has 0 saturated carbocycles. The lowest BCUT2D eigenvalue weighted by Crippen LogP contribution is -2.12. The number of methoxy groups -OCH3 is 1. The summed E-state index contributed by atoms with van der Waals surface area (Å²) < 4.78 is 15.5. The summed E-state index contributed by atoms with van der Waals surface area (Å²) in [5.41, 5.74) is 6.46. The van der Waals surface area contributed by atoms with Crippen molar-refractivity contribution in [3.05, 3.63) is 23.8 Å². The van der Waals surface area contributed by atoms with Gasteiger partial charge in [0.15, 0.2) is 5.75 Å². The van der Waals surface area contributed by atoms with Gasteiger partial charge in [0.2, 0.25) is 0 Å². The highest BCUT2D eigenvalue weighted by Crippen LogP contribution is 2.26. The number of rotatable bonds is 8. The zero-order valence-electron chi connectivity index (χ0n) is 11.5. The largest absolute Gasteiger partial charge is 0.494 e. The summed E-state index contributed by atoms with van der Waals surface area (Å²) in [6.07, 6.45) is 2.09. The quantitative estimate of drug-likeness (QED) is 0.444. The minimum atomic E-state index is -0.455. The van der Waals surface area contributed by atoms with Gasteiger partial charge < -0.3 is 19.9 Å². The molecule has 0 radical (unpaired) electrons. The first-order valence-corrected chi connectivity index (χ1v) is 6.38. The highest BCUT2D eigenvalue weighted by Gasteiger charge is 2.15. The molecular formula is C14H21NO4. The highest BCUT2D eigenvalue weighted by molar-refractivity contribution is 5.94. The fourth-order valence-corrected chi connectivity index (χ4v) is 1.56. The fraction of sp³-hybridized carbons (Fsp3) is 0.500. The topological polar surface area (TPSA) is 70.8 Å². The Balaban J connectivity index is 2.43. The van der Waals surface area contributed by atoms with Crippen molar-refractivity contribution in [2.24, 2.45) is 0 Å². The van der Waals surface area contributed by atoms with Gasteiger partial charge in [-0.05, 0) is 18.6 Å². The molecule has 0 spiro atoms. The smallest absolute Gasteiger partial charge is 0.342 e. The third-order valence-electron chi connectivity index (χ3n) is 2.57. The lowest BCUT2D eigenvalue weighted by atomic mass is 10.2. The second-order valence-electron chi connectivity index (χ2n) is 4.03. The molecule has 0 amide bonds. The maximum absolute atomic E-state index is 11.9. The summed E-state index contributed by atoms with van der Waals surface area (Å²) in [5, 5.41) is 0. The first-order chi connectivity index (χ1) is 9.20. The Kier molecular flexibility index (Phi) is 6.74. The summed E-state index contributed by atoms with van der Waals surface area (Å²) in [4.78, 5) is 11.9.